The molecule has 1 saturated heterocycles. The normalized spacial score (nSPS) is 15.8. The lowest BCUT2D eigenvalue weighted by Gasteiger charge is -2.16. The zero-order valence-corrected chi connectivity index (χ0v) is 14.0. The summed E-state index contributed by atoms with van der Waals surface area (Å²) >= 11 is 0. The van der Waals surface area contributed by atoms with Crippen molar-refractivity contribution in [1.82, 2.24) is 0 Å². The largest absolute Gasteiger partial charge is 0.506 e. The quantitative estimate of drug-likeness (QED) is 0.177. The van der Waals surface area contributed by atoms with Gasteiger partial charge in [-0.1, -0.05) is 44.3 Å². The van der Waals surface area contributed by atoms with Crippen LogP contribution in [0.5, 0.6) is 0 Å². The number of aliphatic hydroxyl groups is 1. The van der Waals surface area contributed by atoms with Gasteiger partial charge in [0.2, 0.25) is 0 Å². The highest BCUT2D eigenvalue weighted by molar-refractivity contribution is 7.83. The van der Waals surface area contributed by atoms with Crippen LogP contribution in [0.1, 0.15) is 58.3 Å². The van der Waals surface area contributed by atoms with Crippen LogP contribution in [-0.2, 0) is 33.6 Å². The van der Waals surface area contributed by atoms with Crippen molar-refractivity contribution in [3.63, 3.8) is 0 Å². The number of hydrogen-bond acceptors (Lipinski definition) is 8. The lowest BCUT2D eigenvalue weighted by molar-refractivity contribution is -0.507. The first-order chi connectivity index (χ1) is 11.0. The molecule has 8 nitrogen and oxygen atoms in total. The van der Waals surface area contributed by atoms with Gasteiger partial charge in [-0.15, -0.1) is 8.42 Å². The fraction of sp³-hybridized carbons (Fsp3) is 0.714. The molecule has 1 rings (SSSR count). The first kappa shape index (κ1) is 19.6. The monoisotopic (exact) mass is 352 g/mol. The molecule has 0 saturated carbocycles. The van der Waals surface area contributed by atoms with Crippen LogP contribution in [0.2, 0.25) is 0 Å². The molecule has 0 aliphatic carbocycles. The van der Waals surface area contributed by atoms with Crippen molar-refractivity contribution >= 4 is 10.4 Å². The second kappa shape index (κ2) is 11.1. The van der Waals surface area contributed by atoms with E-state index in [9.17, 15) is 8.42 Å². The van der Waals surface area contributed by atoms with Gasteiger partial charge in [-0.25, -0.2) is 0 Å². The lowest BCUT2D eigenvalue weighted by atomic mass is 10.1. The van der Waals surface area contributed by atoms with Gasteiger partial charge in [-0.2, -0.15) is 4.89 Å². The van der Waals surface area contributed by atoms with Crippen LogP contribution < -0.4 is 0 Å². The number of allylic oxidation sites excluding steroid dienone is 2. The summed E-state index contributed by atoms with van der Waals surface area (Å²) in [4.78, 5) is 8.89. The molecule has 134 valence electrons. The van der Waals surface area contributed by atoms with E-state index in [-0.39, 0.29) is 0 Å². The summed E-state index contributed by atoms with van der Waals surface area (Å²) in [7, 11) is -4.03. The van der Waals surface area contributed by atoms with Crippen molar-refractivity contribution in [3.05, 3.63) is 24.0 Å². The third-order valence-electron chi connectivity index (χ3n) is 3.03. The zero-order chi connectivity index (χ0) is 17.0. The van der Waals surface area contributed by atoms with Crippen LogP contribution in [0.15, 0.2) is 24.0 Å². The Hall–Kier alpha value is -1.45. The standard InChI is InChI=1S/C14H24O8S/c1-2-3-4-5-6-7-8-9-10-11-12-18-22-19-13(15)14-20-23(16,17)21-14/h2-3,15H,4-12H2,1H3/b3-2+. The molecular formula is C14H24O8S. The minimum absolute atomic E-state index is 0.296. The summed E-state index contributed by atoms with van der Waals surface area (Å²) in [5, 5.41) is 13.3. The van der Waals surface area contributed by atoms with Crippen LogP contribution in [0, 0.1) is 0 Å². The predicted octanol–water partition coefficient (Wildman–Crippen LogP) is 3.54. The summed E-state index contributed by atoms with van der Waals surface area (Å²) in [5.41, 5.74) is 0. The average Bonchev–Trinajstić information content (AvgIpc) is 2.49. The highest BCUT2D eigenvalue weighted by Crippen LogP contribution is 2.24. The van der Waals surface area contributed by atoms with Gasteiger partial charge in [0.05, 0.1) is 6.61 Å². The second-order valence-corrected chi connectivity index (χ2v) is 6.12. The summed E-state index contributed by atoms with van der Waals surface area (Å²) < 4.78 is 29.1. The van der Waals surface area contributed by atoms with E-state index in [1.807, 2.05) is 6.92 Å². The number of hydrogen-bond donors (Lipinski definition) is 1. The lowest BCUT2D eigenvalue weighted by Crippen LogP contribution is -2.24. The number of aliphatic hydroxyl groups excluding tert-OH is 1. The summed E-state index contributed by atoms with van der Waals surface area (Å²) in [5.74, 6) is -1.65. The fourth-order valence-electron chi connectivity index (χ4n) is 1.86. The Balaban J connectivity index is 1.83. The topological polar surface area (TPSA) is 101 Å². The predicted molar refractivity (Wildman–Crippen MR) is 80.6 cm³/mol. The van der Waals surface area contributed by atoms with E-state index in [1.54, 1.807) is 0 Å². The van der Waals surface area contributed by atoms with Crippen LogP contribution >= 0.6 is 0 Å². The van der Waals surface area contributed by atoms with E-state index >= 15 is 0 Å². The van der Waals surface area contributed by atoms with Crippen molar-refractivity contribution in [2.24, 2.45) is 0 Å². The fourth-order valence-corrected chi connectivity index (χ4v) is 2.39. The van der Waals surface area contributed by atoms with E-state index in [0.717, 1.165) is 25.7 Å². The third kappa shape index (κ3) is 9.32. The van der Waals surface area contributed by atoms with E-state index in [1.165, 1.54) is 25.7 Å². The van der Waals surface area contributed by atoms with Crippen molar-refractivity contribution in [2.75, 3.05) is 6.61 Å². The van der Waals surface area contributed by atoms with E-state index < -0.39 is 22.3 Å². The van der Waals surface area contributed by atoms with Crippen LogP contribution in [0.3, 0.4) is 0 Å². The molecule has 0 atom stereocenters. The first-order valence-electron chi connectivity index (χ1n) is 7.69. The van der Waals surface area contributed by atoms with E-state index in [0.29, 0.717) is 6.61 Å². The summed E-state index contributed by atoms with van der Waals surface area (Å²) in [6.07, 6.45) is 13.3. The Morgan fingerprint density at radius 2 is 1.70 bits per heavy atom. The molecule has 0 spiro atoms. The number of rotatable bonds is 13. The van der Waals surface area contributed by atoms with Gasteiger partial charge in [0.1, 0.15) is 0 Å². The van der Waals surface area contributed by atoms with Crippen molar-refractivity contribution in [1.29, 1.82) is 0 Å². The molecule has 1 heterocycles. The molecule has 0 aromatic heterocycles. The highest BCUT2D eigenvalue weighted by Gasteiger charge is 2.37. The van der Waals surface area contributed by atoms with Crippen molar-refractivity contribution < 1.29 is 36.7 Å². The van der Waals surface area contributed by atoms with Gasteiger partial charge in [0.25, 0.3) is 0 Å². The zero-order valence-electron chi connectivity index (χ0n) is 13.2. The molecule has 0 aromatic rings. The molecule has 9 heteroatoms. The van der Waals surface area contributed by atoms with Crippen molar-refractivity contribution in [3.8, 4) is 0 Å². The molecule has 1 aliphatic rings. The van der Waals surface area contributed by atoms with E-state index in [2.05, 4.69) is 35.3 Å². The molecule has 1 fully saturated rings. The SMILES string of the molecule is C/C=C/CCCCCCCCCOOOC(O)=C1OS(=O)(=O)O1. The summed E-state index contributed by atoms with van der Waals surface area (Å²) in [6, 6.07) is 0. The summed E-state index contributed by atoms with van der Waals surface area (Å²) in [6.45, 7) is 2.33. The second-order valence-electron chi connectivity index (χ2n) is 4.97. The molecule has 0 bridgehead atoms. The Morgan fingerprint density at radius 1 is 1.09 bits per heavy atom. The van der Waals surface area contributed by atoms with Crippen molar-refractivity contribution in [2.45, 2.75) is 58.3 Å². The van der Waals surface area contributed by atoms with Gasteiger partial charge >= 0.3 is 22.3 Å². The minimum Gasteiger partial charge on any atom is -0.474 e. The molecule has 1 N–H and O–H groups in total. The van der Waals surface area contributed by atoms with Gasteiger partial charge in [0.15, 0.2) is 0 Å². The Morgan fingerprint density at radius 3 is 2.30 bits per heavy atom. The molecule has 23 heavy (non-hydrogen) atoms. The maximum absolute atomic E-state index is 10.5. The smallest absolute Gasteiger partial charge is 0.474 e. The Labute approximate surface area is 136 Å². The van der Waals surface area contributed by atoms with Crippen LogP contribution in [0.25, 0.3) is 0 Å². The average molecular weight is 352 g/mol. The molecular weight excluding hydrogens is 328 g/mol. The molecule has 0 unspecified atom stereocenters. The highest BCUT2D eigenvalue weighted by atomic mass is 32.3. The van der Waals surface area contributed by atoms with Gasteiger partial charge in [-0.3, -0.25) is 4.89 Å². The first-order valence-corrected chi connectivity index (χ1v) is 9.03. The molecule has 1 aliphatic heterocycles. The maximum atomic E-state index is 10.5. The Kier molecular flexibility index (Phi) is 9.49. The third-order valence-corrected chi connectivity index (χ3v) is 3.74. The van der Waals surface area contributed by atoms with Gasteiger partial charge in [0, 0.05) is 0 Å². The van der Waals surface area contributed by atoms with Crippen LogP contribution in [-0.4, -0.2) is 20.1 Å². The van der Waals surface area contributed by atoms with E-state index in [4.69, 9.17) is 5.11 Å². The minimum atomic E-state index is -4.03. The molecule has 0 aromatic carbocycles. The van der Waals surface area contributed by atoms with Gasteiger partial charge in [-0.05, 0) is 31.2 Å². The Bertz CT molecular complexity index is 469. The van der Waals surface area contributed by atoms with Gasteiger partial charge < -0.3 is 13.5 Å². The maximum Gasteiger partial charge on any atom is 0.506 e. The number of unbranched alkanes of at least 4 members (excludes halogenated alkanes) is 7. The van der Waals surface area contributed by atoms with Crippen LogP contribution in [0.4, 0.5) is 0 Å². The molecule has 0 radical (unpaired) electrons. The molecule has 0 amide bonds.